The number of nitrogens with one attached hydrogen (secondary N) is 1. The smallest absolute Gasteiger partial charge is 0.326 e. The quantitative estimate of drug-likeness (QED) is 0.675. The number of para-hydroxylation sites is 1. The molecule has 2 amide bonds. The van der Waals surface area contributed by atoms with Crippen molar-refractivity contribution in [3.8, 4) is 0 Å². The van der Waals surface area contributed by atoms with Gasteiger partial charge in [-0.3, -0.25) is 4.90 Å². The van der Waals surface area contributed by atoms with Crippen molar-refractivity contribution in [2.75, 3.05) is 11.9 Å². The lowest BCUT2D eigenvalue weighted by Crippen LogP contribution is -2.37. The lowest BCUT2D eigenvalue weighted by Gasteiger charge is -2.16. The highest BCUT2D eigenvalue weighted by molar-refractivity contribution is 6.07. The van der Waals surface area contributed by atoms with E-state index < -0.39 is 0 Å². The normalized spacial score (nSPS) is 10.6. The molecule has 0 aliphatic rings. The molecule has 0 aliphatic heterocycles. The van der Waals surface area contributed by atoms with Crippen molar-refractivity contribution in [1.29, 1.82) is 0 Å². The molecule has 0 bridgehead atoms. The van der Waals surface area contributed by atoms with Crippen LogP contribution in [0.15, 0.2) is 53.5 Å². The summed E-state index contributed by atoms with van der Waals surface area (Å²) in [6, 6.07) is 15.1. The van der Waals surface area contributed by atoms with Gasteiger partial charge in [0.25, 0.3) is 0 Å². The fourth-order valence-electron chi connectivity index (χ4n) is 1.88. The predicted molar refractivity (Wildman–Crippen MR) is 87.4 cm³/mol. The lowest BCUT2D eigenvalue weighted by atomic mass is 10.1. The Kier molecular flexibility index (Phi) is 4.72. The average Bonchev–Trinajstić information content (AvgIpc) is 2.51. The van der Waals surface area contributed by atoms with Crippen molar-refractivity contribution < 1.29 is 4.79 Å². The summed E-state index contributed by atoms with van der Waals surface area (Å²) < 4.78 is 0. The lowest BCUT2D eigenvalue weighted by molar-refractivity contribution is 0.251. The third kappa shape index (κ3) is 3.69. The van der Waals surface area contributed by atoms with Crippen LogP contribution in [0.5, 0.6) is 0 Å². The molecule has 21 heavy (non-hydrogen) atoms. The highest BCUT2D eigenvalue weighted by Gasteiger charge is 2.11. The molecular weight excluding hydrogens is 262 g/mol. The topological polar surface area (TPSA) is 44.7 Å². The van der Waals surface area contributed by atoms with Crippen molar-refractivity contribution in [2.24, 2.45) is 4.99 Å². The molecule has 2 aromatic rings. The van der Waals surface area contributed by atoms with Crippen LogP contribution in [0.3, 0.4) is 0 Å². The number of carbonyl (C=O) groups excluding carboxylic acids is 1. The molecule has 0 unspecified atom stereocenters. The number of aliphatic imine (C=N–C) groups is 1. The van der Waals surface area contributed by atoms with Crippen molar-refractivity contribution in [1.82, 2.24) is 5.32 Å². The summed E-state index contributed by atoms with van der Waals surface area (Å²) in [4.78, 5) is 17.9. The Morgan fingerprint density at radius 2 is 1.81 bits per heavy atom. The van der Waals surface area contributed by atoms with Crippen LogP contribution in [0.1, 0.15) is 11.1 Å². The fourth-order valence-corrected chi connectivity index (χ4v) is 1.88. The molecule has 4 heteroatoms. The maximum atomic E-state index is 12.0. The van der Waals surface area contributed by atoms with Crippen LogP contribution in [0.2, 0.25) is 0 Å². The first-order valence-electron chi connectivity index (χ1n) is 6.79. The minimum absolute atomic E-state index is 0.228. The van der Waals surface area contributed by atoms with Crippen LogP contribution in [-0.2, 0) is 0 Å². The van der Waals surface area contributed by atoms with E-state index in [1.54, 1.807) is 7.05 Å². The summed E-state index contributed by atoms with van der Waals surface area (Å²) in [6.45, 7) is 4.10. The van der Waals surface area contributed by atoms with E-state index in [1.807, 2.05) is 55.5 Å². The van der Waals surface area contributed by atoms with E-state index in [1.165, 1.54) is 22.4 Å². The third-order valence-corrected chi connectivity index (χ3v) is 3.28. The number of aryl methyl sites for hydroxylation is 2. The van der Waals surface area contributed by atoms with Crippen LogP contribution >= 0.6 is 0 Å². The second-order valence-electron chi connectivity index (χ2n) is 4.77. The average molecular weight is 281 g/mol. The van der Waals surface area contributed by atoms with Crippen molar-refractivity contribution in [3.05, 3.63) is 59.7 Å². The van der Waals surface area contributed by atoms with E-state index in [0.29, 0.717) is 0 Å². The SMILES string of the molecule is CNC(=O)N(C=Nc1ccc(C)c(C)c1)c1ccccc1. The Morgan fingerprint density at radius 3 is 2.43 bits per heavy atom. The molecule has 0 radical (unpaired) electrons. The molecule has 2 rings (SSSR count). The number of hydrogen-bond donors (Lipinski definition) is 1. The molecule has 0 spiro atoms. The highest BCUT2D eigenvalue weighted by Crippen LogP contribution is 2.18. The molecule has 4 nitrogen and oxygen atoms in total. The van der Waals surface area contributed by atoms with Crippen molar-refractivity contribution in [2.45, 2.75) is 13.8 Å². The molecule has 0 atom stereocenters. The van der Waals surface area contributed by atoms with Gasteiger partial charge in [-0.1, -0.05) is 24.3 Å². The minimum Gasteiger partial charge on any atom is -0.340 e. The molecule has 0 saturated heterocycles. The number of nitrogens with zero attached hydrogens (tertiary/aromatic N) is 2. The Bertz CT molecular complexity index is 650. The number of amides is 2. The van der Waals surface area contributed by atoms with Gasteiger partial charge >= 0.3 is 6.03 Å². The van der Waals surface area contributed by atoms with E-state index >= 15 is 0 Å². The zero-order valence-corrected chi connectivity index (χ0v) is 12.5. The van der Waals surface area contributed by atoms with E-state index in [-0.39, 0.29) is 6.03 Å². The van der Waals surface area contributed by atoms with E-state index in [4.69, 9.17) is 0 Å². The van der Waals surface area contributed by atoms with Crippen molar-refractivity contribution in [3.63, 3.8) is 0 Å². The van der Waals surface area contributed by atoms with Crippen LogP contribution in [0.4, 0.5) is 16.2 Å². The first-order chi connectivity index (χ1) is 10.1. The Balaban J connectivity index is 2.28. The molecule has 0 heterocycles. The summed E-state index contributed by atoms with van der Waals surface area (Å²) in [5.74, 6) is 0. The number of benzene rings is 2. The Morgan fingerprint density at radius 1 is 1.10 bits per heavy atom. The fraction of sp³-hybridized carbons (Fsp3) is 0.176. The van der Waals surface area contributed by atoms with Gasteiger partial charge < -0.3 is 5.32 Å². The maximum Gasteiger partial charge on any atom is 0.326 e. The van der Waals surface area contributed by atoms with Crippen LogP contribution in [0.25, 0.3) is 0 Å². The number of hydrogen-bond acceptors (Lipinski definition) is 2. The highest BCUT2D eigenvalue weighted by atomic mass is 16.2. The molecule has 1 N–H and O–H groups in total. The molecule has 2 aromatic carbocycles. The Labute approximate surface area is 125 Å². The summed E-state index contributed by atoms with van der Waals surface area (Å²) in [5.41, 5.74) is 3.99. The zero-order valence-electron chi connectivity index (χ0n) is 12.5. The van der Waals surface area contributed by atoms with E-state index in [0.717, 1.165) is 11.4 Å². The second kappa shape index (κ2) is 6.70. The van der Waals surface area contributed by atoms with Gasteiger partial charge in [0.05, 0.1) is 11.4 Å². The maximum absolute atomic E-state index is 12.0. The largest absolute Gasteiger partial charge is 0.340 e. The van der Waals surface area contributed by atoms with Gasteiger partial charge in [-0.15, -0.1) is 0 Å². The van der Waals surface area contributed by atoms with Gasteiger partial charge in [0.15, 0.2) is 0 Å². The van der Waals surface area contributed by atoms with Gasteiger partial charge in [0.2, 0.25) is 0 Å². The number of rotatable bonds is 3. The zero-order chi connectivity index (χ0) is 15.2. The van der Waals surface area contributed by atoms with Gasteiger partial charge in [-0.2, -0.15) is 0 Å². The number of carbonyl (C=O) groups is 1. The van der Waals surface area contributed by atoms with Crippen LogP contribution in [0, 0.1) is 13.8 Å². The van der Waals surface area contributed by atoms with Gasteiger partial charge in [-0.25, -0.2) is 9.79 Å². The molecule has 0 aliphatic carbocycles. The van der Waals surface area contributed by atoms with Gasteiger partial charge in [0.1, 0.15) is 6.34 Å². The van der Waals surface area contributed by atoms with Gasteiger partial charge in [0, 0.05) is 7.05 Å². The van der Waals surface area contributed by atoms with Gasteiger partial charge in [-0.05, 0) is 49.2 Å². The van der Waals surface area contributed by atoms with Crippen LogP contribution in [-0.4, -0.2) is 19.4 Å². The third-order valence-electron chi connectivity index (χ3n) is 3.28. The molecule has 0 fully saturated rings. The molecular formula is C17H19N3O. The summed E-state index contributed by atoms with van der Waals surface area (Å²) >= 11 is 0. The number of anilines is 1. The molecule has 0 aromatic heterocycles. The first-order valence-corrected chi connectivity index (χ1v) is 6.79. The van der Waals surface area contributed by atoms with E-state index in [9.17, 15) is 4.79 Å². The monoisotopic (exact) mass is 281 g/mol. The summed E-state index contributed by atoms with van der Waals surface area (Å²) in [5, 5.41) is 2.62. The molecule has 108 valence electrons. The summed E-state index contributed by atoms with van der Waals surface area (Å²) in [6.07, 6.45) is 1.54. The predicted octanol–water partition coefficient (Wildman–Crippen LogP) is 3.81. The number of urea groups is 1. The molecule has 0 saturated carbocycles. The van der Waals surface area contributed by atoms with Crippen molar-refractivity contribution >= 4 is 23.7 Å². The summed E-state index contributed by atoms with van der Waals surface area (Å²) in [7, 11) is 1.60. The second-order valence-corrected chi connectivity index (χ2v) is 4.77. The van der Waals surface area contributed by atoms with E-state index in [2.05, 4.69) is 17.2 Å². The minimum atomic E-state index is -0.228. The van der Waals surface area contributed by atoms with Crippen LogP contribution < -0.4 is 10.2 Å². The first kappa shape index (κ1) is 14.8. The standard InChI is InChI=1S/C17H19N3O/c1-13-9-10-15(11-14(13)2)19-12-20(17(21)18-3)16-7-5-4-6-8-16/h4-12H,1-3H3,(H,18,21). The Hall–Kier alpha value is -2.62.